The highest BCUT2D eigenvalue weighted by molar-refractivity contribution is 5.65. The lowest BCUT2D eigenvalue weighted by molar-refractivity contribution is 0.412. The van der Waals surface area contributed by atoms with E-state index in [-0.39, 0.29) is 5.56 Å². The van der Waals surface area contributed by atoms with E-state index in [0.717, 1.165) is 22.4 Å². The highest BCUT2D eigenvalue weighted by Crippen LogP contribution is 2.25. The second-order valence-electron chi connectivity index (χ2n) is 4.05. The van der Waals surface area contributed by atoms with Gasteiger partial charge in [-0.15, -0.1) is 0 Å². The molecule has 0 saturated heterocycles. The molecule has 0 atom stereocenters. The fraction of sp³-hybridized carbons (Fsp3) is 0.214. The Balaban J connectivity index is 2.52. The van der Waals surface area contributed by atoms with Gasteiger partial charge in [0.2, 0.25) is 5.56 Å². The first-order valence-corrected chi connectivity index (χ1v) is 5.43. The van der Waals surface area contributed by atoms with E-state index < -0.39 is 0 Å². The van der Waals surface area contributed by atoms with Crippen molar-refractivity contribution in [2.75, 3.05) is 7.11 Å². The number of benzene rings is 1. The van der Waals surface area contributed by atoms with Crippen molar-refractivity contribution >= 4 is 0 Å². The summed E-state index contributed by atoms with van der Waals surface area (Å²) in [6.07, 6.45) is 1.83. The van der Waals surface area contributed by atoms with E-state index in [4.69, 9.17) is 4.74 Å². The molecule has 1 aromatic carbocycles. The molecule has 17 heavy (non-hydrogen) atoms. The lowest BCUT2D eigenvalue weighted by Crippen LogP contribution is -2.13. The van der Waals surface area contributed by atoms with Gasteiger partial charge in [-0.25, -0.2) is 0 Å². The molecular weight excluding hydrogens is 214 g/mol. The first kappa shape index (κ1) is 11.5. The zero-order valence-corrected chi connectivity index (χ0v) is 10.2. The highest BCUT2D eigenvalue weighted by atomic mass is 16.5. The fourth-order valence-electron chi connectivity index (χ4n) is 1.76. The average Bonchev–Trinajstić information content (AvgIpc) is 2.33. The predicted molar refractivity (Wildman–Crippen MR) is 68.4 cm³/mol. The number of hydrogen-bond donors (Lipinski definition) is 0. The molecule has 1 aromatic heterocycles. The van der Waals surface area contributed by atoms with Crippen molar-refractivity contribution in [2.45, 2.75) is 6.92 Å². The normalized spacial score (nSPS) is 10.3. The van der Waals surface area contributed by atoms with Gasteiger partial charge in [0.05, 0.1) is 7.11 Å². The molecular formula is C14H15NO2. The zero-order chi connectivity index (χ0) is 12.4. The first-order chi connectivity index (χ1) is 8.11. The Hall–Kier alpha value is -2.03. The van der Waals surface area contributed by atoms with Crippen molar-refractivity contribution in [1.82, 2.24) is 4.57 Å². The number of hydrogen-bond acceptors (Lipinski definition) is 2. The third-order valence-corrected chi connectivity index (χ3v) is 2.83. The van der Waals surface area contributed by atoms with E-state index in [1.807, 2.05) is 37.4 Å². The Morgan fingerprint density at radius 3 is 2.47 bits per heavy atom. The summed E-state index contributed by atoms with van der Waals surface area (Å²) in [5.41, 5.74) is 3.14. The minimum atomic E-state index is -0.00664. The van der Waals surface area contributed by atoms with Gasteiger partial charge < -0.3 is 9.30 Å². The number of ether oxygens (including phenoxy) is 1. The van der Waals surface area contributed by atoms with Crippen LogP contribution in [0.4, 0.5) is 0 Å². The Kier molecular flexibility index (Phi) is 3.00. The van der Waals surface area contributed by atoms with Crippen LogP contribution in [0.15, 0.2) is 41.3 Å². The van der Waals surface area contributed by atoms with Crippen molar-refractivity contribution < 1.29 is 4.74 Å². The van der Waals surface area contributed by atoms with Gasteiger partial charge in [0.25, 0.3) is 0 Å². The molecule has 0 aliphatic heterocycles. The number of pyridine rings is 1. The predicted octanol–water partition coefficient (Wildman–Crippen LogP) is 2.37. The van der Waals surface area contributed by atoms with Gasteiger partial charge in [0.15, 0.2) is 0 Å². The van der Waals surface area contributed by atoms with Crippen LogP contribution in [-0.2, 0) is 7.05 Å². The standard InChI is InChI=1S/C14H15NO2/c1-10-4-5-11(8-13(10)17-3)12-6-7-14(16)15(2)9-12/h4-9H,1-3H3. The number of methoxy groups -OCH3 is 1. The molecule has 0 aliphatic rings. The van der Waals surface area contributed by atoms with Crippen molar-refractivity contribution in [3.8, 4) is 16.9 Å². The monoisotopic (exact) mass is 229 g/mol. The van der Waals surface area contributed by atoms with E-state index in [0.29, 0.717) is 0 Å². The van der Waals surface area contributed by atoms with E-state index in [1.165, 1.54) is 0 Å². The van der Waals surface area contributed by atoms with E-state index >= 15 is 0 Å². The summed E-state index contributed by atoms with van der Waals surface area (Å²) >= 11 is 0. The largest absolute Gasteiger partial charge is 0.496 e. The van der Waals surface area contributed by atoms with E-state index in [2.05, 4.69) is 0 Å². The van der Waals surface area contributed by atoms with Crippen LogP contribution in [0.3, 0.4) is 0 Å². The first-order valence-electron chi connectivity index (χ1n) is 5.43. The summed E-state index contributed by atoms with van der Waals surface area (Å²) in [7, 11) is 3.41. The second-order valence-corrected chi connectivity index (χ2v) is 4.05. The van der Waals surface area contributed by atoms with Crippen molar-refractivity contribution in [3.63, 3.8) is 0 Å². The van der Waals surface area contributed by atoms with Gasteiger partial charge in [0, 0.05) is 19.3 Å². The molecule has 2 rings (SSSR count). The third kappa shape index (κ3) is 2.23. The number of aromatic nitrogens is 1. The van der Waals surface area contributed by atoms with Crippen molar-refractivity contribution in [1.29, 1.82) is 0 Å². The van der Waals surface area contributed by atoms with Gasteiger partial charge in [0.1, 0.15) is 5.75 Å². The molecule has 1 heterocycles. The molecule has 3 heteroatoms. The quantitative estimate of drug-likeness (QED) is 0.791. The summed E-state index contributed by atoms with van der Waals surface area (Å²) < 4.78 is 6.86. The maximum Gasteiger partial charge on any atom is 0.250 e. The lowest BCUT2D eigenvalue weighted by Gasteiger charge is -2.08. The summed E-state index contributed by atoms with van der Waals surface area (Å²) in [4.78, 5) is 11.3. The van der Waals surface area contributed by atoms with Crippen LogP contribution in [-0.4, -0.2) is 11.7 Å². The van der Waals surface area contributed by atoms with Gasteiger partial charge in [-0.05, 0) is 35.7 Å². The fourth-order valence-corrected chi connectivity index (χ4v) is 1.76. The molecule has 0 radical (unpaired) electrons. The van der Waals surface area contributed by atoms with Crippen LogP contribution >= 0.6 is 0 Å². The van der Waals surface area contributed by atoms with Crippen LogP contribution in [0.25, 0.3) is 11.1 Å². The van der Waals surface area contributed by atoms with Crippen LogP contribution in [0.5, 0.6) is 5.75 Å². The zero-order valence-electron chi connectivity index (χ0n) is 10.2. The highest BCUT2D eigenvalue weighted by Gasteiger charge is 2.03. The lowest BCUT2D eigenvalue weighted by atomic mass is 10.1. The minimum absolute atomic E-state index is 0.00664. The second kappa shape index (κ2) is 4.45. The molecule has 0 N–H and O–H groups in total. The summed E-state index contributed by atoms with van der Waals surface area (Å²) in [5.74, 6) is 0.858. The third-order valence-electron chi connectivity index (χ3n) is 2.83. The number of nitrogens with zero attached hydrogens (tertiary/aromatic N) is 1. The molecule has 0 bridgehead atoms. The summed E-state index contributed by atoms with van der Waals surface area (Å²) in [6.45, 7) is 2.00. The molecule has 0 spiro atoms. The number of rotatable bonds is 2. The van der Waals surface area contributed by atoms with Crippen LogP contribution in [0, 0.1) is 6.92 Å². The molecule has 0 saturated carbocycles. The number of aryl methyl sites for hydroxylation is 2. The van der Waals surface area contributed by atoms with Gasteiger partial charge in [-0.3, -0.25) is 4.79 Å². The van der Waals surface area contributed by atoms with Gasteiger partial charge >= 0.3 is 0 Å². The molecule has 88 valence electrons. The van der Waals surface area contributed by atoms with Crippen LogP contribution in [0.1, 0.15) is 5.56 Å². The van der Waals surface area contributed by atoms with Crippen LogP contribution in [0.2, 0.25) is 0 Å². The molecule has 3 nitrogen and oxygen atoms in total. The SMILES string of the molecule is COc1cc(-c2ccc(=O)n(C)c2)ccc1C. The summed E-state index contributed by atoms with van der Waals surface area (Å²) in [6, 6.07) is 9.42. The molecule has 2 aromatic rings. The summed E-state index contributed by atoms with van der Waals surface area (Å²) in [5, 5.41) is 0. The molecule has 0 amide bonds. The van der Waals surface area contributed by atoms with Crippen LogP contribution < -0.4 is 10.3 Å². The van der Waals surface area contributed by atoms with Gasteiger partial charge in [-0.1, -0.05) is 12.1 Å². The average molecular weight is 229 g/mol. The Labute approximate surface area is 100 Å². The molecule has 0 fully saturated rings. The smallest absolute Gasteiger partial charge is 0.250 e. The van der Waals surface area contributed by atoms with Gasteiger partial charge in [-0.2, -0.15) is 0 Å². The minimum Gasteiger partial charge on any atom is -0.496 e. The van der Waals surface area contributed by atoms with Crippen molar-refractivity contribution in [3.05, 3.63) is 52.4 Å². The molecule has 0 aliphatic carbocycles. The van der Waals surface area contributed by atoms with E-state index in [1.54, 1.807) is 24.8 Å². The van der Waals surface area contributed by atoms with Crippen molar-refractivity contribution in [2.24, 2.45) is 7.05 Å². The maximum absolute atomic E-state index is 11.3. The topological polar surface area (TPSA) is 31.2 Å². The Morgan fingerprint density at radius 1 is 1.12 bits per heavy atom. The Morgan fingerprint density at radius 2 is 1.82 bits per heavy atom. The molecule has 0 unspecified atom stereocenters. The Bertz CT molecular complexity index is 599. The van der Waals surface area contributed by atoms with E-state index in [9.17, 15) is 4.79 Å². The maximum atomic E-state index is 11.3.